The van der Waals surface area contributed by atoms with Crippen LogP contribution in [0, 0.1) is 0 Å². The molecule has 0 heterocycles. The zero-order valence-corrected chi connectivity index (χ0v) is 8.65. The molecule has 0 saturated heterocycles. The maximum Gasteiger partial charge on any atom is 0.522 e. The zero-order chi connectivity index (χ0) is 12.1. The molecular formula is C8H15F3N2O2. The molecule has 15 heavy (non-hydrogen) atoms. The number of ether oxygens (including phenoxy) is 1. The Morgan fingerprint density at radius 1 is 1.40 bits per heavy atom. The highest BCUT2D eigenvalue weighted by Crippen LogP contribution is 2.15. The second-order valence-electron chi connectivity index (χ2n) is 3.75. The summed E-state index contributed by atoms with van der Waals surface area (Å²) in [5.41, 5.74) is 4.34. The number of alkyl halides is 3. The normalized spacial score (nSPS) is 12.9. The number of amides is 1. The molecule has 0 atom stereocenters. The molecule has 0 aliphatic rings. The molecule has 0 aliphatic carbocycles. The van der Waals surface area contributed by atoms with Crippen LogP contribution >= 0.6 is 0 Å². The zero-order valence-electron chi connectivity index (χ0n) is 8.65. The molecule has 0 spiro atoms. The summed E-state index contributed by atoms with van der Waals surface area (Å²) in [5, 5.41) is 2.74. The minimum absolute atomic E-state index is 0.000208. The predicted octanol–water partition coefficient (Wildman–Crippen LogP) is 0.766. The Labute approximate surface area is 86.0 Å². The van der Waals surface area contributed by atoms with E-state index in [0.29, 0.717) is 0 Å². The molecule has 0 rings (SSSR count). The van der Waals surface area contributed by atoms with Crippen molar-refractivity contribution in [2.24, 2.45) is 5.73 Å². The quantitative estimate of drug-likeness (QED) is 0.660. The molecule has 0 aromatic rings. The SMILES string of the molecule is CC(C)(CC(N)=O)NCCOC(F)(F)F. The van der Waals surface area contributed by atoms with Gasteiger partial charge in [-0.3, -0.25) is 9.53 Å². The first-order valence-electron chi connectivity index (χ1n) is 4.36. The predicted molar refractivity (Wildman–Crippen MR) is 47.9 cm³/mol. The number of nitrogens with two attached hydrogens (primary N) is 1. The Morgan fingerprint density at radius 2 is 1.93 bits per heavy atom. The van der Waals surface area contributed by atoms with Gasteiger partial charge in [-0.15, -0.1) is 13.2 Å². The fourth-order valence-corrected chi connectivity index (χ4v) is 1.05. The van der Waals surface area contributed by atoms with E-state index < -0.39 is 24.4 Å². The van der Waals surface area contributed by atoms with Gasteiger partial charge in [0.2, 0.25) is 5.91 Å². The Morgan fingerprint density at radius 3 is 2.33 bits per heavy atom. The fraction of sp³-hybridized carbons (Fsp3) is 0.875. The molecule has 0 fully saturated rings. The van der Waals surface area contributed by atoms with Crippen molar-refractivity contribution >= 4 is 5.91 Å². The van der Waals surface area contributed by atoms with Gasteiger partial charge in [0.15, 0.2) is 0 Å². The highest BCUT2D eigenvalue weighted by Gasteiger charge is 2.29. The van der Waals surface area contributed by atoms with E-state index in [9.17, 15) is 18.0 Å². The highest BCUT2D eigenvalue weighted by molar-refractivity contribution is 5.74. The van der Waals surface area contributed by atoms with Gasteiger partial charge in [-0.2, -0.15) is 0 Å². The van der Waals surface area contributed by atoms with Crippen LogP contribution in [-0.2, 0) is 9.53 Å². The van der Waals surface area contributed by atoms with Gasteiger partial charge in [0.1, 0.15) is 0 Å². The van der Waals surface area contributed by atoms with Gasteiger partial charge >= 0.3 is 6.36 Å². The van der Waals surface area contributed by atoms with Gasteiger partial charge in [0, 0.05) is 18.5 Å². The summed E-state index contributed by atoms with van der Waals surface area (Å²) in [4.78, 5) is 10.6. The van der Waals surface area contributed by atoms with E-state index in [0.717, 1.165) is 0 Å². The summed E-state index contributed by atoms with van der Waals surface area (Å²) >= 11 is 0. The lowest BCUT2D eigenvalue weighted by Gasteiger charge is -2.24. The van der Waals surface area contributed by atoms with Gasteiger partial charge in [-0.1, -0.05) is 0 Å². The van der Waals surface area contributed by atoms with E-state index in [1.165, 1.54) is 0 Å². The molecule has 0 aliphatic heterocycles. The molecule has 0 aromatic heterocycles. The summed E-state index contributed by atoms with van der Waals surface area (Å²) in [5.74, 6) is -0.510. The van der Waals surface area contributed by atoms with Crippen LogP contribution in [0.15, 0.2) is 0 Å². The van der Waals surface area contributed by atoms with Gasteiger partial charge in [0.05, 0.1) is 6.61 Å². The highest BCUT2D eigenvalue weighted by atomic mass is 19.4. The number of rotatable bonds is 6. The molecule has 0 aromatic carbocycles. The first-order valence-corrected chi connectivity index (χ1v) is 4.36. The third kappa shape index (κ3) is 9.48. The third-order valence-electron chi connectivity index (χ3n) is 1.59. The second-order valence-corrected chi connectivity index (χ2v) is 3.75. The second kappa shape index (κ2) is 5.32. The molecule has 4 nitrogen and oxygen atoms in total. The Kier molecular flexibility index (Phi) is 5.02. The monoisotopic (exact) mass is 228 g/mol. The van der Waals surface area contributed by atoms with E-state index >= 15 is 0 Å². The van der Waals surface area contributed by atoms with Gasteiger partial charge in [-0.25, -0.2) is 0 Å². The molecule has 0 saturated carbocycles. The first-order chi connectivity index (χ1) is 6.62. The standard InChI is InChI=1S/C8H15F3N2O2/c1-7(2,5-6(12)14)13-3-4-15-8(9,10)11/h13H,3-5H2,1-2H3,(H2,12,14). The van der Waals surface area contributed by atoms with Crippen molar-refractivity contribution < 1.29 is 22.7 Å². The van der Waals surface area contributed by atoms with E-state index in [1.54, 1.807) is 13.8 Å². The van der Waals surface area contributed by atoms with Crippen LogP contribution in [0.1, 0.15) is 20.3 Å². The molecule has 3 N–H and O–H groups in total. The van der Waals surface area contributed by atoms with Crippen molar-refractivity contribution in [1.82, 2.24) is 5.32 Å². The molecule has 0 radical (unpaired) electrons. The minimum atomic E-state index is -4.62. The number of carbonyl (C=O) groups excluding carboxylic acids is 1. The number of primary amides is 1. The number of nitrogens with one attached hydrogen (secondary N) is 1. The maximum absolute atomic E-state index is 11.6. The van der Waals surface area contributed by atoms with Crippen LogP contribution in [0.4, 0.5) is 13.2 Å². The van der Waals surface area contributed by atoms with Crippen molar-refractivity contribution in [1.29, 1.82) is 0 Å². The minimum Gasteiger partial charge on any atom is -0.370 e. The van der Waals surface area contributed by atoms with Crippen LogP contribution in [0.25, 0.3) is 0 Å². The Hall–Kier alpha value is -0.820. The summed E-state index contributed by atoms with van der Waals surface area (Å²) in [6.07, 6.45) is -4.56. The molecule has 0 bridgehead atoms. The Balaban J connectivity index is 3.71. The molecule has 90 valence electrons. The third-order valence-corrected chi connectivity index (χ3v) is 1.59. The van der Waals surface area contributed by atoms with E-state index in [-0.39, 0.29) is 13.0 Å². The average Bonchev–Trinajstić information content (AvgIpc) is 1.93. The number of hydrogen-bond acceptors (Lipinski definition) is 3. The largest absolute Gasteiger partial charge is 0.522 e. The Bertz CT molecular complexity index is 216. The van der Waals surface area contributed by atoms with Crippen LogP contribution < -0.4 is 11.1 Å². The lowest BCUT2D eigenvalue weighted by molar-refractivity contribution is -0.323. The summed E-state index contributed by atoms with van der Waals surface area (Å²) in [7, 11) is 0. The van der Waals surface area contributed by atoms with Gasteiger partial charge < -0.3 is 11.1 Å². The van der Waals surface area contributed by atoms with Crippen LogP contribution in [0.2, 0.25) is 0 Å². The maximum atomic E-state index is 11.6. The van der Waals surface area contributed by atoms with Gasteiger partial charge in [-0.05, 0) is 13.8 Å². The summed E-state index contributed by atoms with van der Waals surface area (Å²) in [6, 6.07) is 0. The average molecular weight is 228 g/mol. The van der Waals surface area contributed by atoms with Crippen LogP contribution in [0.5, 0.6) is 0 Å². The fourth-order valence-electron chi connectivity index (χ4n) is 1.05. The first kappa shape index (κ1) is 14.2. The lowest BCUT2D eigenvalue weighted by Crippen LogP contribution is -2.44. The van der Waals surface area contributed by atoms with E-state index in [4.69, 9.17) is 5.73 Å². The number of hydrogen-bond donors (Lipinski definition) is 2. The molecule has 0 unspecified atom stereocenters. The molecular weight excluding hydrogens is 213 g/mol. The van der Waals surface area contributed by atoms with Crippen molar-refractivity contribution in [3.8, 4) is 0 Å². The topological polar surface area (TPSA) is 64.4 Å². The van der Waals surface area contributed by atoms with E-state index in [1.807, 2.05) is 0 Å². The molecule has 7 heteroatoms. The van der Waals surface area contributed by atoms with Crippen LogP contribution in [-0.4, -0.2) is 31.0 Å². The number of carbonyl (C=O) groups is 1. The van der Waals surface area contributed by atoms with E-state index in [2.05, 4.69) is 10.1 Å². The lowest BCUT2D eigenvalue weighted by atomic mass is 10.0. The molecule has 1 amide bonds. The number of halogens is 3. The van der Waals surface area contributed by atoms with Crippen molar-refractivity contribution in [2.75, 3.05) is 13.2 Å². The summed E-state index contributed by atoms with van der Waals surface area (Å²) < 4.78 is 38.2. The van der Waals surface area contributed by atoms with Crippen LogP contribution in [0.3, 0.4) is 0 Å². The van der Waals surface area contributed by atoms with Crippen molar-refractivity contribution in [3.63, 3.8) is 0 Å². The summed E-state index contributed by atoms with van der Waals surface area (Å²) in [6.45, 7) is 2.85. The van der Waals surface area contributed by atoms with Crippen molar-refractivity contribution in [2.45, 2.75) is 32.2 Å². The smallest absolute Gasteiger partial charge is 0.370 e. The van der Waals surface area contributed by atoms with Crippen molar-refractivity contribution in [3.05, 3.63) is 0 Å². The van der Waals surface area contributed by atoms with Gasteiger partial charge in [0.25, 0.3) is 0 Å².